The van der Waals surface area contributed by atoms with E-state index in [2.05, 4.69) is 57.2 Å². The van der Waals surface area contributed by atoms with Crippen LogP contribution in [0.15, 0.2) is 18.5 Å². The molecular weight excluding hydrogens is 470 g/mol. The first-order valence-corrected chi connectivity index (χ1v) is 15.1. The van der Waals surface area contributed by atoms with Crippen LogP contribution in [0, 0.1) is 43.3 Å². The molecule has 0 aliphatic heterocycles. The van der Waals surface area contributed by atoms with E-state index in [1.807, 2.05) is 6.07 Å². The monoisotopic (exact) mass is 517 g/mol. The summed E-state index contributed by atoms with van der Waals surface area (Å²) in [5, 5.41) is 6.63. The zero-order valence-electron chi connectivity index (χ0n) is 24.5. The summed E-state index contributed by atoms with van der Waals surface area (Å²) >= 11 is 0. The second-order valence-electron chi connectivity index (χ2n) is 17.9. The number of carbonyl (C=O) groups is 2. The maximum absolute atomic E-state index is 14.1. The molecule has 8 aliphatic rings. The van der Waals surface area contributed by atoms with Gasteiger partial charge in [0.25, 0.3) is 0 Å². The van der Waals surface area contributed by atoms with Crippen molar-refractivity contribution in [3.05, 3.63) is 18.5 Å². The van der Waals surface area contributed by atoms with Crippen LogP contribution in [0.3, 0.4) is 0 Å². The normalized spacial score (nSPS) is 51.7. The van der Waals surface area contributed by atoms with Crippen LogP contribution in [0.2, 0.25) is 0 Å². The highest BCUT2D eigenvalue weighted by molar-refractivity contribution is 6.03. The van der Waals surface area contributed by atoms with Gasteiger partial charge in [0.2, 0.25) is 11.8 Å². The molecule has 8 saturated carbocycles. The molecule has 1 aromatic heterocycles. The van der Waals surface area contributed by atoms with E-state index < -0.39 is 0 Å². The van der Waals surface area contributed by atoms with Gasteiger partial charge < -0.3 is 10.6 Å². The van der Waals surface area contributed by atoms with Gasteiger partial charge in [-0.1, -0.05) is 41.5 Å². The van der Waals surface area contributed by atoms with Gasteiger partial charge >= 0.3 is 0 Å². The first kappa shape index (κ1) is 25.1. The third-order valence-corrected chi connectivity index (χ3v) is 12.0. The second-order valence-corrected chi connectivity index (χ2v) is 17.9. The van der Waals surface area contributed by atoms with Crippen LogP contribution >= 0.6 is 0 Å². The summed E-state index contributed by atoms with van der Waals surface area (Å²) in [5.74, 6) is 0.274. The van der Waals surface area contributed by atoms with Gasteiger partial charge in [0.05, 0.1) is 28.4 Å². The molecule has 0 saturated heterocycles. The van der Waals surface area contributed by atoms with E-state index in [-0.39, 0.29) is 55.1 Å². The Labute approximate surface area is 228 Å². The SMILES string of the molecule is CC12CC3(C)CC(C)(C1)CC(C(=O)Nc1ccncc1NC(=O)C14CC5(C)CC(C)(CC(C)(C5)C1)C4)(C2)C3. The molecule has 9 rings (SSSR count). The average Bonchev–Trinajstić information content (AvgIpc) is 2.68. The molecule has 38 heavy (non-hydrogen) atoms. The van der Waals surface area contributed by atoms with Gasteiger partial charge in [0.1, 0.15) is 0 Å². The molecular formula is C33H47N3O2. The lowest BCUT2D eigenvalue weighted by Gasteiger charge is -2.68. The van der Waals surface area contributed by atoms with Crippen molar-refractivity contribution < 1.29 is 9.59 Å². The Kier molecular flexibility index (Phi) is 4.65. The number of aromatic nitrogens is 1. The summed E-state index contributed by atoms with van der Waals surface area (Å²) in [6, 6.07) is 1.86. The summed E-state index contributed by atoms with van der Waals surface area (Å²) in [5.41, 5.74) is 2.13. The van der Waals surface area contributed by atoms with Crippen LogP contribution in [0.4, 0.5) is 11.4 Å². The number of hydrogen-bond donors (Lipinski definition) is 2. The van der Waals surface area contributed by atoms with E-state index >= 15 is 0 Å². The van der Waals surface area contributed by atoms with Crippen molar-refractivity contribution in [1.29, 1.82) is 0 Å². The largest absolute Gasteiger partial charge is 0.324 e. The standard InChI is InChI=1S/C33H47N3O2/c1-26-10-27(2)12-28(3,11-26)18-32(16-26,17-27)24(37)35-22-7-8-34-9-23(22)36-25(38)33-19-29(4)13-30(5,20-33)15-31(6,14-29)21-33/h7-9H,10-21H2,1-6H3,(H,36,38)(H,34,35,37). The minimum absolute atomic E-state index is 0.131. The maximum atomic E-state index is 14.1. The quantitative estimate of drug-likeness (QED) is 0.429. The molecule has 2 amide bonds. The Morgan fingerprint density at radius 1 is 0.553 bits per heavy atom. The third-order valence-electron chi connectivity index (χ3n) is 12.0. The molecule has 8 aliphatic carbocycles. The number of pyridine rings is 1. The summed E-state index contributed by atoms with van der Waals surface area (Å²) in [6.07, 6.45) is 16.7. The van der Waals surface area contributed by atoms with Crippen LogP contribution in [0.25, 0.3) is 0 Å². The van der Waals surface area contributed by atoms with Gasteiger partial charge in [-0.05, 0) is 116 Å². The van der Waals surface area contributed by atoms with Crippen molar-refractivity contribution in [2.45, 2.75) is 119 Å². The molecule has 8 fully saturated rings. The number of nitrogens with one attached hydrogen (secondary N) is 2. The summed E-state index contributed by atoms with van der Waals surface area (Å²) < 4.78 is 0. The van der Waals surface area contributed by atoms with Gasteiger partial charge in [-0.2, -0.15) is 0 Å². The molecule has 8 bridgehead atoms. The van der Waals surface area contributed by atoms with Crippen molar-refractivity contribution in [3.63, 3.8) is 0 Å². The molecule has 1 heterocycles. The Morgan fingerprint density at radius 2 is 0.868 bits per heavy atom. The van der Waals surface area contributed by atoms with E-state index in [9.17, 15) is 9.59 Å². The number of amides is 2. The number of nitrogens with zero attached hydrogens (tertiary/aromatic N) is 1. The molecule has 5 nitrogen and oxygen atoms in total. The Hall–Kier alpha value is -1.91. The van der Waals surface area contributed by atoms with Gasteiger partial charge in [0.15, 0.2) is 0 Å². The fourth-order valence-electron chi connectivity index (χ4n) is 14.2. The van der Waals surface area contributed by atoms with Gasteiger partial charge in [-0.25, -0.2) is 0 Å². The zero-order valence-corrected chi connectivity index (χ0v) is 24.5. The minimum Gasteiger partial charge on any atom is -0.324 e. The first-order valence-electron chi connectivity index (χ1n) is 15.1. The Morgan fingerprint density at radius 3 is 1.21 bits per heavy atom. The fraction of sp³-hybridized carbons (Fsp3) is 0.788. The zero-order chi connectivity index (χ0) is 27.0. The van der Waals surface area contributed by atoms with Crippen molar-refractivity contribution in [1.82, 2.24) is 4.98 Å². The van der Waals surface area contributed by atoms with Gasteiger partial charge in [-0.15, -0.1) is 0 Å². The molecule has 1 aromatic rings. The lowest BCUT2D eigenvalue weighted by atomic mass is 9.36. The van der Waals surface area contributed by atoms with Crippen molar-refractivity contribution >= 4 is 23.2 Å². The topological polar surface area (TPSA) is 71.1 Å². The van der Waals surface area contributed by atoms with E-state index in [0.29, 0.717) is 11.4 Å². The fourth-order valence-corrected chi connectivity index (χ4v) is 14.2. The van der Waals surface area contributed by atoms with Crippen LogP contribution in [0.1, 0.15) is 119 Å². The minimum atomic E-state index is -0.332. The number of hydrogen-bond acceptors (Lipinski definition) is 3. The number of anilines is 2. The predicted octanol–water partition coefficient (Wildman–Crippen LogP) is 7.73. The van der Waals surface area contributed by atoms with Crippen LogP contribution < -0.4 is 10.6 Å². The lowest BCUT2D eigenvalue weighted by molar-refractivity contribution is -0.188. The molecule has 206 valence electrons. The van der Waals surface area contributed by atoms with Crippen LogP contribution in [0.5, 0.6) is 0 Å². The molecule has 0 unspecified atom stereocenters. The molecule has 0 atom stereocenters. The van der Waals surface area contributed by atoms with Gasteiger partial charge in [-0.3, -0.25) is 14.6 Å². The number of rotatable bonds is 4. The molecule has 5 heteroatoms. The summed E-state index contributed by atoms with van der Waals surface area (Å²) in [4.78, 5) is 32.6. The highest BCUT2D eigenvalue weighted by Gasteiger charge is 2.67. The van der Waals surface area contributed by atoms with Crippen molar-refractivity contribution in [3.8, 4) is 0 Å². The van der Waals surface area contributed by atoms with Crippen LogP contribution in [-0.2, 0) is 9.59 Å². The van der Waals surface area contributed by atoms with Gasteiger partial charge in [0, 0.05) is 6.20 Å². The molecule has 0 radical (unpaired) electrons. The predicted molar refractivity (Wildman–Crippen MR) is 150 cm³/mol. The summed E-state index contributed by atoms with van der Waals surface area (Å²) in [6.45, 7) is 14.5. The smallest absolute Gasteiger partial charge is 0.230 e. The number of carbonyl (C=O) groups excluding carboxylic acids is 2. The van der Waals surface area contributed by atoms with Crippen LogP contribution in [-0.4, -0.2) is 16.8 Å². The van der Waals surface area contributed by atoms with E-state index in [0.717, 1.165) is 38.5 Å². The van der Waals surface area contributed by atoms with E-state index in [1.54, 1.807) is 12.4 Å². The second kappa shape index (κ2) is 7.04. The molecule has 0 spiro atoms. The highest BCUT2D eigenvalue weighted by Crippen LogP contribution is 2.75. The lowest BCUT2D eigenvalue weighted by Crippen LogP contribution is -2.62. The summed E-state index contributed by atoms with van der Waals surface area (Å²) in [7, 11) is 0. The third kappa shape index (κ3) is 3.65. The molecule has 2 N–H and O–H groups in total. The van der Waals surface area contributed by atoms with Crippen molar-refractivity contribution in [2.75, 3.05) is 10.6 Å². The Bertz CT molecular complexity index is 1050. The maximum Gasteiger partial charge on any atom is 0.230 e. The highest BCUT2D eigenvalue weighted by atomic mass is 16.2. The first-order chi connectivity index (χ1) is 17.5. The van der Waals surface area contributed by atoms with E-state index in [4.69, 9.17) is 0 Å². The average molecular weight is 518 g/mol. The Balaban J connectivity index is 1.15. The van der Waals surface area contributed by atoms with E-state index in [1.165, 1.54) is 38.5 Å². The molecule has 0 aromatic carbocycles. The van der Waals surface area contributed by atoms with Crippen molar-refractivity contribution in [2.24, 2.45) is 43.3 Å².